The summed E-state index contributed by atoms with van der Waals surface area (Å²) in [6, 6.07) is 10.4. The Balaban J connectivity index is 1.40. The van der Waals surface area contributed by atoms with Crippen molar-refractivity contribution in [2.45, 2.75) is 23.8 Å². The number of anilines is 2. The van der Waals surface area contributed by atoms with Gasteiger partial charge in [0.15, 0.2) is 15.0 Å². The molecule has 9 nitrogen and oxygen atoms in total. The number of sulfone groups is 1. The van der Waals surface area contributed by atoms with E-state index in [1.807, 2.05) is 0 Å². The normalized spacial score (nSPS) is 16.2. The van der Waals surface area contributed by atoms with Gasteiger partial charge in [0.2, 0.25) is 11.8 Å². The van der Waals surface area contributed by atoms with Gasteiger partial charge in [-0.15, -0.1) is 0 Å². The summed E-state index contributed by atoms with van der Waals surface area (Å²) in [7, 11) is -3.34. The van der Waals surface area contributed by atoms with Crippen molar-refractivity contribution in [1.82, 2.24) is 10.3 Å². The zero-order chi connectivity index (χ0) is 22.2. The van der Waals surface area contributed by atoms with Gasteiger partial charge in [0, 0.05) is 12.7 Å². The molecule has 0 bridgehead atoms. The summed E-state index contributed by atoms with van der Waals surface area (Å²) in [5, 5.41) is 8.33. The quantitative estimate of drug-likeness (QED) is 0.536. The van der Waals surface area contributed by atoms with Gasteiger partial charge in [0.25, 0.3) is 5.91 Å². The molecule has 11 heteroatoms. The van der Waals surface area contributed by atoms with Crippen LogP contribution in [0.1, 0.15) is 23.2 Å². The lowest BCUT2D eigenvalue weighted by Gasteiger charge is -2.13. The van der Waals surface area contributed by atoms with Gasteiger partial charge in [0.05, 0.1) is 26.4 Å². The van der Waals surface area contributed by atoms with Crippen molar-refractivity contribution in [3.63, 3.8) is 0 Å². The number of benzene rings is 2. The molecule has 1 atom stereocenters. The molecule has 3 N–H and O–H groups in total. The molecule has 0 spiro atoms. The van der Waals surface area contributed by atoms with Gasteiger partial charge in [-0.1, -0.05) is 23.5 Å². The molecular formula is C20H18N4O5S2. The molecular weight excluding hydrogens is 440 g/mol. The molecule has 0 radical (unpaired) electrons. The zero-order valence-electron chi connectivity index (χ0n) is 16.3. The third kappa shape index (κ3) is 4.57. The SMILES string of the molecule is CS(=O)(=O)c1ccc2nc(NC(=O)CCC3NC(=O)c4ccccc4NC3=O)sc2c1. The Kier molecular flexibility index (Phi) is 5.46. The van der Waals surface area contributed by atoms with Crippen LogP contribution in [-0.4, -0.2) is 43.4 Å². The van der Waals surface area contributed by atoms with Crippen LogP contribution in [-0.2, 0) is 19.4 Å². The molecule has 1 unspecified atom stereocenters. The van der Waals surface area contributed by atoms with E-state index in [1.165, 1.54) is 12.1 Å². The van der Waals surface area contributed by atoms with E-state index in [4.69, 9.17) is 0 Å². The van der Waals surface area contributed by atoms with Crippen molar-refractivity contribution in [3.8, 4) is 0 Å². The zero-order valence-corrected chi connectivity index (χ0v) is 18.0. The second kappa shape index (κ2) is 8.08. The third-order valence-corrected chi connectivity index (χ3v) is 6.79. The van der Waals surface area contributed by atoms with Crippen molar-refractivity contribution in [2.24, 2.45) is 0 Å². The second-order valence-electron chi connectivity index (χ2n) is 7.07. The molecule has 0 saturated carbocycles. The molecule has 3 amide bonds. The second-order valence-corrected chi connectivity index (χ2v) is 10.1. The highest BCUT2D eigenvalue weighted by molar-refractivity contribution is 7.90. The molecule has 2 aromatic carbocycles. The highest BCUT2D eigenvalue weighted by Gasteiger charge is 2.28. The molecule has 3 aromatic rings. The maximum absolute atomic E-state index is 12.4. The summed E-state index contributed by atoms with van der Waals surface area (Å²) < 4.78 is 24.0. The van der Waals surface area contributed by atoms with Crippen LogP contribution in [0.25, 0.3) is 10.2 Å². The molecule has 1 aliphatic rings. The summed E-state index contributed by atoms with van der Waals surface area (Å²) in [6.45, 7) is 0. The summed E-state index contributed by atoms with van der Waals surface area (Å²) in [4.78, 5) is 41.6. The summed E-state index contributed by atoms with van der Waals surface area (Å²) in [5.41, 5.74) is 1.37. The number of thiazole rings is 1. The Hall–Kier alpha value is -3.31. The number of aromatic nitrogens is 1. The predicted octanol–water partition coefficient (Wildman–Crippen LogP) is 2.17. The van der Waals surface area contributed by atoms with E-state index in [-0.39, 0.29) is 35.5 Å². The molecule has 0 fully saturated rings. The van der Waals surface area contributed by atoms with Crippen LogP contribution < -0.4 is 16.0 Å². The average Bonchev–Trinajstić information content (AvgIpc) is 3.06. The molecule has 2 heterocycles. The lowest BCUT2D eigenvalue weighted by Crippen LogP contribution is -2.41. The number of fused-ring (bicyclic) bond motifs is 2. The average molecular weight is 459 g/mol. The van der Waals surface area contributed by atoms with Crippen molar-refractivity contribution in [1.29, 1.82) is 0 Å². The van der Waals surface area contributed by atoms with Crippen molar-refractivity contribution in [2.75, 3.05) is 16.9 Å². The minimum absolute atomic E-state index is 0.0147. The first-order valence-electron chi connectivity index (χ1n) is 9.32. The van der Waals surface area contributed by atoms with Gasteiger partial charge in [-0.2, -0.15) is 0 Å². The van der Waals surface area contributed by atoms with Gasteiger partial charge in [-0.25, -0.2) is 13.4 Å². The smallest absolute Gasteiger partial charge is 0.254 e. The molecule has 0 aliphatic carbocycles. The molecule has 160 valence electrons. The van der Waals surface area contributed by atoms with Crippen molar-refractivity contribution >= 4 is 59.9 Å². The van der Waals surface area contributed by atoms with Crippen LogP contribution in [0.3, 0.4) is 0 Å². The van der Waals surface area contributed by atoms with Crippen LogP contribution in [0.2, 0.25) is 0 Å². The number of nitrogens with one attached hydrogen (secondary N) is 3. The van der Waals surface area contributed by atoms with Crippen LogP contribution in [0.15, 0.2) is 47.4 Å². The first kappa shape index (κ1) is 20.9. The summed E-state index contributed by atoms with van der Waals surface area (Å²) in [5.74, 6) is -1.14. The Labute approximate surface area is 181 Å². The molecule has 4 rings (SSSR count). The standard InChI is InChI=1S/C20H18N4O5S2/c1-31(28,29)11-6-7-14-16(10-11)30-20(23-14)24-17(25)9-8-15-19(27)21-13-5-3-2-4-12(13)18(26)22-15/h2-7,10,15H,8-9H2,1H3,(H,21,27)(H,22,26)(H,23,24,25). The van der Waals surface area contributed by atoms with Gasteiger partial charge in [-0.3, -0.25) is 14.4 Å². The monoisotopic (exact) mass is 458 g/mol. The summed E-state index contributed by atoms with van der Waals surface area (Å²) >= 11 is 1.16. The number of rotatable bonds is 5. The van der Waals surface area contributed by atoms with Crippen molar-refractivity contribution in [3.05, 3.63) is 48.0 Å². The Morgan fingerprint density at radius 3 is 2.74 bits per heavy atom. The molecule has 31 heavy (non-hydrogen) atoms. The fourth-order valence-corrected chi connectivity index (χ4v) is 4.80. The Bertz CT molecular complexity index is 1320. The number of hydrogen-bond acceptors (Lipinski definition) is 7. The van der Waals surface area contributed by atoms with Gasteiger partial charge >= 0.3 is 0 Å². The fraction of sp³-hybridized carbons (Fsp3) is 0.200. The topological polar surface area (TPSA) is 134 Å². The predicted molar refractivity (Wildman–Crippen MR) is 117 cm³/mol. The highest BCUT2D eigenvalue weighted by atomic mass is 32.2. The minimum atomic E-state index is -3.34. The van der Waals surface area contributed by atoms with E-state index in [9.17, 15) is 22.8 Å². The molecule has 0 saturated heterocycles. The lowest BCUT2D eigenvalue weighted by molar-refractivity contribution is -0.118. The Morgan fingerprint density at radius 1 is 1.19 bits per heavy atom. The van der Waals surface area contributed by atoms with E-state index < -0.39 is 15.9 Å². The van der Waals surface area contributed by atoms with Crippen LogP contribution in [0.4, 0.5) is 10.8 Å². The van der Waals surface area contributed by atoms with Gasteiger partial charge in [-0.05, 0) is 36.8 Å². The van der Waals surface area contributed by atoms with E-state index in [0.717, 1.165) is 17.6 Å². The highest BCUT2D eigenvalue weighted by Crippen LogP contribution is 2.28. The number of para-hydroxylation sites is 1. The fourth-order valence-electron chi connectivity index (χ4n) is 3.16. The lowest BCUT2D eigenvalue weighted by atomic mass is 10.1. The first-order chi connectivity index (χ1) is 14.7. The molecule has 1 aliphatic heterocycles. The van der Waals surface area contributed by atoms with E-state index in [1.54, 1.807) is 30.3 Å². The largest absolute Gasteiger partial charge is 0.340 e. The maximum atomic E-state index is 12.4. The van der Waals surface area contributed by atoms with E-state index >= 15 is 0 Å². The Morgan fingerprint density at radius 2 is 1.97 bits per heavy atom. The number of carbonyl (C=O) groups is 3. The van der Waals surface area contributed by atoms with Crippen molar-refractivity contribution < 1.29 is 22.8 Å². The van der Waals surface area contributed by atoms with Gasteiger partial charge in [0.1, 0.15) is 6.04 Å². The van der Waals surface area contributed by atoms with E-state index in [0.29, 0.717) is 26.6 Å². The number of hydrogen-bond donors (Lipinski definition) is 3. The minimum Gasteiger partial charge on any atom is -0.340 e. The third-order valence-electron chi connectivity index (χ3n) is 4.75. The molecule has 1 aromatic heterocycles. The van der Waals surface area contributed by atoms with Crippen LogP contribution >= 0.6 is 11.3 Å². The number of amides is 3. The van der Waals surface area contributed by atoms with E-state index in [2.05, 4.69) is 20.9 Å². The van der Waals surface area contributed by atoms with Crippen LogP contribution in [0, 0.1) is 0 Å². The number of carbonyl (C=O) groups excluding carboxylic acids is 3. The number of nitrogens with zero attached hydrogens (tertiary/aromatic N) is 1. The van der Waals surface area contributed by atoms with Gasteiger partial charge < -0.3 is 16.0 Å². The summed E-state index contributed by atoms with van der Waals surface area (Å²) in [6.07, 6.45) is 1.22. The first-order valence-corrected chi connectivity index (χ1v) is 12.0. The maximum Gasteiger partial charge on any atom is 0.254 e. The van der Waals surface area contributed by atoms with Crippen LogP contribution in [0.5, 0.6) is 0 Å².